The normalized spacial score (nSPS) is 11.1. The SMILES string of the molecule is c1ccc(-c2cccc3c2ccc2c(-c4ccccc4)cncc23)cc1. The van der Waals surface area contributed by atoms with Crippen molar-refractivity contribution in [2.45, 2.75) is 0 Å². The summed E-state index contributed by atoms with van der Waals surface area (Å²) in [6.45, 7) is 0. The van der Waals surface area contributed by atoms with Crippen LogP contribution in [0.3, 0.4) is 0 Å². The van der Waals surface area contributed by atoms with E-state index in [9.17, 15) is 0 Å². The number of rotatable bonds is 2. The van der Waals surface area contributed by atoms with Gasteiger partial charge in [0.25, 0.3) is 0 Å². The fourth-order valence-corrected chi connectivity index (χ4v) is 3.73. The summed E-state index contributed by atoms with van der Waals surface area (Å²) < 4.78 is 0. The monoisotopic (exact) mass is 331 g/mol. The molecule has 0 aliphatic rings. The van der Waals surface area contributed by atoms with Gasteiger partial charge in [-0.25, -0.2) is 0 Å². The van der Waals surface area contributed by atoms with Gasteiger partial charge >= 0.3 is 0 Å². The maximum atomic E-state index is 4.54. The van der Waals surface area contributed by atoms with E-state index < -0.39 is 0 Å². The molecule has 5 aromatic rings. The van der Waals surface area contributed by atoms with Crippen molar-refractivity contribution in [1.29, 1.82) is 0 Å². The van der Waals surface area contributed by atoms with E-state index in [1.165, 1.54) is 43.8 Å². The summed E-state index contributed by atoms with van der Waals surface area (Å²) in [5, 5.41) is 4.94. The maximum absolute atomic E-state index is 4.54. The minimum atomic E-state index is 1.18. The second kappa shape index (κ2) is 6.12. The van der Waals surface area contributed by atoms with E-state index in [0.29, 0.717) is 0 Å². The molecular weight excluding hydrogens is 314 g/mol. The lowest BCUT2D eigenvalue weighted by Crippen LogP contribution is -1.87. The number of nitrogens with zero attached hydrogens (tertiary/aromatic N) is 1. The average molecular weight is 331 g/mol. The summed E-state index contributed by atoms with van der Waals surface area (Å²) >= 11 is 0. The summed E-state index contributed by atoms with van der Waals surface area (Å²) in [6, 6.07) is 32.0. The number of fused-ring (bicyclic) bond motifs is 3. The number of hydrogen-bond donors (Lipinski definition) is 0. The van der Waals surface area contributed by atoms with Gasteiger partial charge < -0.3 is 0 Å². The lowest BCUT2D eigenvalue weighted by molar-refractivity contribution is 1.37. The largest absolute Gasteiger partial charge is 0.263 e. The molecule has 0 saturated heterocycles. The Morgan fingerprint density at radius 3 is 1.69 bits per heavy atom. The zero-order chi connectivity index (χ0) is 17.3. The van der Waals surface area contributed by atoms with Crippen molar-refractivity contribution in [3.8, 4) is 22.3 Å². The highest BCUT2D eigenvalue weighted by atomic mass is 14.6. The molecule has 0 N–H and O–H groups in total. The molecule has 0 amide bonds. The molecule has 4 aromatic carbocycles. The van der Waals surface area contributed by atoms with E-state index >= 15 is 0 Å². The van der Waals surface area contributed by atoms with Crippen LogP contribution in [0.15, 0.2) is 103 Å². The minimum absolute atomic E-state index is 1.18. The van der Waals surface area contributed by atoms with E-state index in [0.717, 1.165) is 0 Å². The van der Waals surface area contributed by atoms with Crippen LogP contribution in [0.25, 0.3) is 43.8 Å². The Bertz CT molecular complexity index is 1110. The van der Waals surface area contributed by atoms with Crippen molar-refractivity contribution in [2.75, 3.05) is 0 Å². The van der Waals surface area contributed by atoms with Gasteiger partial charge in [0.05, 0.1) is 0 Å². The first kappa shape index (κ1) is 14.9. The molecule has 0 aliphatic carbocycles. The predicted octanol–water partition coefficient (Wildman–Crippen LogP) is 6.72. The van der Waals surface area contributed by atoms with Crippen LogP contribution in [0.2, 0.25) is 0 Å². The molecule has 1 heterocycles. The van der Waals surface area contributed by atoms with Crippen molar-refractivity contribution < 1.29 is 0 Å². The molecule has 0 saturated carbocycles. The molecular formula is C25H17N. The Balaban J connectivity index is 1.82. The van der Waals surface area contributed by atoms with E-state index in [1.54, 1.807) is 0 Å². The van der Waals surface area contributed by atoms with Crippen molar-refractivity contribution >= 4 is 21.5 Å². The Kier molecular flexibility index (Phi) is 3.50. The lowest BCUT2D eigenvalue weighted by atomic mass is 9.93. The molecule has 26 heavy (non-hydrogen) atoms. The van der Waals surface area contributed by atoms with Gasteiger partial charge in [0, 0.05) is 23.3 Å². The predicted molar refractivity (Wildman–Crippen MR) is 110 cm³/mol. The quantitative estimate of drug-likeness (QED) is 0.327. The van der Waals surface area contributed by atoms with Gasteiger partial charge in [-0.3, -0.25) is 4.98 Å². The first-order valence-electron chi connectivity index (χ1n) is 8.82. The van der Waals surface area contributed by atoms with Crippen LogP contribution in [-0.4, -0.2) is 4.98 Å². The third-order valence-corrected chi connectivity index (χ3v) is 4.97. The van der Waals surface area contributed by atoms with Crippen molar-refractivity contribution in [3.63, 3.8) is 0 Å². The first-order valence-corrected chi connectivity index (χ1v) is 8.82. The van der Waals surface area contributed by atoms with E-state index in [-0.39, 0.29) is 0 Å². The molecule has 0 radical (unpaired) electrons. The highest BCUT2D eigenvalue weighted by Crippen LogP contribution is 2.36. The van der Waals surface area contributed by atoms with E-state index in [4.69, 9.17) is 0 Å². The maximum Gasteiger partial charge on any atom is 0.0353 e. The molecule has 1 nitrogen and oxygen atoms in total. The Morgan fingerprint density at radius 2 is 1.00 bits per heavy atom. The van der Waals surface area contributed by atoms with E-state index in [2.05, 4.69) is 89.9 Å². The van der Waals surface area contributed by atoms with Gasteiger partial charge in [-0.15, -0.1) is 0 Å². The summed E-state index contributed by atoms with van der Waals surface area (Å²) in [6.07, 6.45) is 3.95. The Labute approximate surface area is 152 Å². The van der Waals surface area contributed by atoms with Gasteiger partial charge in [-0.05, 0) is 32.8 Å². The van der Waals surface area contributed by atoms with Crippen LogP contribution in [0.5, 0.6) is 0 Å². The molecule has 1 aromatic heterocycles. The van der Waals surface area contributed by atoms with Crippen molar-refractivity contribution in [2.24, 2.45) is 0 Å². The third-order valence-electron chi connectivity index (χ3n) is 4.97. The number of pyridine rings is 1. The van der Waals surface area contributed by atoms with Gasteiger partial charge in [0.1, 0.15) is 0 Å². The molecule has 0 spiro atoms. The highest BCUT2D eigenvalue weighted by Gasteiger charge is 2.10. The van der Waals surface area contributed by atoms with Crippen LogP contribution >= 0.6 is 0 Å². The zero-order valence-corrected chi connectivity index (χ0v) is 14.3. The summed E-state index contributed by atoms with van der Waals surface area (Å²) in [5.74, 6) is 0. The fourth-order valence-electron chi connectivity index (χ4n) is 3.73. The van der Waals surface area contributed by atoms with Crippen LogP contribution in [-0.2, 0) is 0 Å². The molecule has 0 atom stereocenters. The molecule has 5 rings (SSSR count). The lowest BCUT2D eigenvalue weighted by Gasteiger charge is -2.12. The number of hydrogen-bond acceptors (Lipinski definition) is 1. The minimum Gasteiger partial charge on any atom is -0.263 e. The summed E-state index contributed by atoms with van der Waals surface area (Å²) in [4.78, 5) is 4.54. The average Bonchev–Trinajstić information content (AvgIpc) is 2.74. The number of benzene rings is 4. The van der Waals surface area contributed by atoms with Gasteiger partial charge in [-0.2, -0.15) is 0 Å². The van der Waals surface area contributed by atoms with Crippen LogP contribution in [0.1, 0.15) is 0 Å². The molecule has 122 valence electrons. The molecule has 0 fully saturated rings. The van der Waals surface area contributed by atoms with Crippen LogP contribution in [0.4, 0.5) is 0 Å². The summed E-state index contributed by atoms with van der Waals surface area (Å²) in [7, 11) is 0. The highest BCUT2D eigenvalue weighted by molar-refractivity contribution is 6.14. The molecule has 1 heteroatoms. The topological polar surface area (TPSA) is 12.9 Å². The zero-order valence-electron chi connectivity index (χ0n) is 14.3. The van der Waals surface area contributed by atoms with Crippen molar-refractivity contribution in [1.82, 2.24) is 4.98 Å². The third kappa shape index (κ3) is 2.37. The second-order valence-corrected chi connectivity index (χ2v) is 6.48. The number of aromatic nitrogens is 1. The molecule has 0 unspecified atom stereocenters. The Morgan fingerprint density at radius 1 is 0.385 bits per heavy atom. The fraction of sp³-hybridized carbons (Fsp3) is 0. The van der Waals surface area contributed by atoms with Gasteiger partial charge in [0.15, 0.2) is 0 Å². The van der Waals surface area contributed by atoms with Crippen molar-refractivity contribution in [3.05, 3.63) is 103 Å². The smallest absolute Gasteiger partial charge is 0.0353 e. The van der Waals surface area contributed by atoms with E-state index in [1.807, 2.05) is 18.5 Å². The van der Waals surface area contributed by atoms with Gasteiger partial charge in [0.2, 0.25) is 0 Å². The van der Waals surface area contributed by atoms with Crippen LogP contribution < -0.4 is 0 Å². The van der Waals surface area contributed by atoms with Gasteiger partial charge in [-0.1, -0.05) is 91.0 Å². The standard InChI is InChI=1S/C25H17N/c1-3-8-18(9-4-1)20-12-7-13-21-22(20)14-15-23-24(16-26-17-25(21)23)19-10-5-2-6-11-19/h1-17H. The molecule has 0 bridgehead atoms. The second-order valence-electron chi connectivity index (χ2n) is 6.48. The van der Waals surface area contributed by atoms with Crippen LogP contribution in [0, 0.1) is 0 Å². The molecule has 0 aliphatic heterocycles. The first-order chi connectivity index (χ1) is 12.9. The summed E-state index contributed by atoms with van der Waals surface area (Å²) in [5.41, 5.74) is 4.87. The Hall–Kier alpha value is -3.45.